The maximum atomic E-state index is 12.5. The fraction of sp³-hybridized carbons (Fsp3) is 0.182. The van der Waals surface area contributed by atoms with Crippen LogP contribution in [0.15, 0.2) is 24.3 Å². The average Bonchev–Trinajstić information content (AvgIpc) is 2.21. The summed E-state index contributed by atoms with van der Waals surface area (Å²) in [6.45, 7) is 1.48. The molecule has 0 aromatic heterocycles. The molecule has 0 aliphatic rings. The number of esters is 2. The van der Waals surface area contributed by atoms with Crippen molar-refractivity contribution in [2.45, 2.75) is 13.3 Å². The van der Waals surface area contributed by atoms with E-state index in [1.54, 1.807) is 0 Å². The first-order chi connectivity index (χ1) is 7.11. The number of benzene rings is 1. The zero-order chi connectivity index (χ0) is 11.3. The maximum Gasteiger partial charge on any atom is 0.317 e. The standard InChI is InChI=1S/C11H10FO3/c1-2-10(13)15-11(14)7-8-3-5-9(12)6-4-8/h2-6H,7H2,1H3. The van der Waals surface area contributed by atoms with Gasteiger partial charge in [-0.1, -0.05) is 19.1 Å². The van der Waals surface area contributed by atoms with Gasteiger partial charge in [-0.3, -0.25) is 9.59 Å². The molecular weight excluding hydrogens is 199 g/mol. The molecule has 0 aliphatic heterocycles. The van der Waals surface area contributed by atoms with Crippen LogP contribution in [0.5, 0.6) is 0 Å². The summed E-state index contributed by atoms with van der Waals surface area (Å²) in [6, 6.07) is 5.43. The first kappa shape index (κ1) is 11.4. The summed E-state index contributed by atoms with van der Waals surface area (Å²) in [5, 5.41) is 0. The predicted octanol–water partition coefficient (Wildman–Crippen LogP) is 1.66. The molecule has 0 amide bonds. The second kappa shape index (κ2) is 5.24. The van der Waals surface area contributed by atoms with Gasteiger partial charge >= 0.3 is 11.9 Å². The fourth-order valence-electron chi connectivity index (χ4n) is 0.976. The zero-order valence-electron chi connectivity index (χ0n) is 8.20. The Morgan fingerprint density at radius 3 is 2.47 bits per heavy atom. The van der Waals surface area contributed by atoms with E-state index in [0.29, 0.717) is 5.56 Å². The lowest BCUT2D eigenvalue weighted by Gasteiger charge is -2.01. The minimum absolute atomic E-state index is 0.0418. The van der Waals surface area contributed by atoms with Crippen LogP contribution in [0, 0.1) is 12.2 Å². The normalized spacial score (nSPS) is 9.73. The Kier molecular flexibility index (Phi) is 3.97. The lowest BCUT2D eigenvalue weighted by atomic mass is 10.1. The van der Waals surface area contributed by atoms with Crippen molar-refractivity contribution in [3.63, 3.8) is 0 Å². The first-order valence-electron chi connectivity index (χ1n) is 4.40. The van der Waals surface area contributed by atoms with E-state index in [9.17, 15) is 14.0 Å². The summed E-state index contributed by atoms with van der Waals surface area (Å²) in [6.07, 6.45) is 1.11. The molecule has 15 heavy (non-hydrogen) atoms. The molecular formula is C11H10FO3. The van der Waals surface area contributed by atoms with E-state index in [1.165, 1.54) is 31.2 Å². The zero-order valence-corrected chi connectivity index (χ0v) is 8.20. The average molecular weight is 209 g/mol. The van der Waals surface area contributed by atoms with Crippen LogP contribution in [0.1, 0.15) is 12.5 Å². The molecule has 3 nitrogen and oxygen atoms in total. The van der Waals surface area contributed by atoms with Gasteiger partial charge in [-0.05, 0) is 17.7 Å². The summed E-state index contributed by atoms with van der Waals surface area (Å²) in [7, 11) is 0. The third-order valence-electron chi connectivity index (χ3n) is 1.71. The van der Waals surface area contributed by atoms with Gasteiger partial charge < -0.3 is 4.74 Å². The summed E-state index contributed by atoms with van der Waals surface area (Å²) < 4.78 is 16.9. The van der Waals surface area contributed by atoms with Crippen LogP contribution in [0.4, 0.5) is 4.39 Å². The number of carbonyl (C=O) groups is 2. The van der Waals surface area contributed by atoms with Crippen molar-refractivity contribution in [1.29, 1.82) is 0 Å². The molecule has 1 rings (SSSR count). The number of hydrogen-bond acceptors (Lipinski definition) is 3. The second-order valence-electron chi connectivity index (χ2n) is 2.89. The van der Waals surface area contributed by atoms with Gasteiger partial charge in [0, 0.05) is 0 Å². The Bertz CT molecular complexity index is 357. The highest BCUT2D eigenvalue weighted by atomic mass is 19.1. The number of halogens is 1. The quantitative estimate of drug-likeness (QED) is 0.561. The largest absolute Gasteiger partial charge is 0.393 e. The highest BCUT2D eigenvalue weighted by Gasteiger charge is 2.09. The smallest absolute Gasteiger partial charge is 0.317 e. The van der Waals surface area contributed by atoms with Gasteiger partial charge in [0.15, 0.2) is 0 Å². The van der Waals surface area contributed by atoms with E-state index in [-0.39, 0.29) is 12.2 Å². The van der Waals surface area contributed by atoms with Gasteiger partial charge in [0.25, 0.3) is 0 Å². The van der Waals surface area contributed by atoms with Crippen LogP contribution < -0.4 is 0 Å². The fourth-order valence-corrected chi connectivity index (χ4v) is 0.976. The number of ether oxygens (including phenoxy) is 1. The van der Waals surface area contributed by atoms with Crippen molar-refractivity contribution in [2.24, 2.45) is 0 Å². The summed E-state index contributed by atoms with van der Waals surface area (Å²) in [4.78, 5) is 21.8. The molecule has 1 radical (unpaired) electrons. The summed E-state index contributed by atoms with van der Waals surface area (Å²) in [5.74, 6) is -1.70. The second-order valence-corrected chi connectivity index (χ2v) is 2.89. The third kappa shape index (κ3) is 3.89. The molecule has 0 bridgehead atoms. The highest BCUT2D eigenvalue weighted by Crippen LogP contribution is 2.04. The van der Waals surface area contributed by atoms with E-state index >= 15 is 0 Å². The minimum Gasteiger partial charge on any atom is -0.393 e. The van der Waals surface area contributed by atoms with Gasteiger partial charge in [-0.15, -0.1) is 0 Å². The van der Waals surface area contributed by atoms with Crippen LogP contribution in [0.25, 0.3) is 0 Å². The Morgan fingerprint density at radius 1 is 1.33 bits per heavy atom. The Labute approximate surface area is 86.9 Å². The maximum absolute atomic E-state index is 12.5. The molecule has 79 valence electrons. The topological polar surface area (TPSA) is 43.4 Å². The molecule has 0 saturated heterocycles. The van der Waals surface area contributed by atoms with Crippen molar-refractivity contribution in [3.05, 3.63) is 42.1 Å². The Hall–Kier alpha value is -1.71. The van der Waals surface area contributed by atoms with Gasteiger partial charge in [0.1, 0.15) is 5.82 Å². The molecule has 0 aliphatic carbocycles. The third-order valence-corrected chi connectivity index (χ3v) is 1.71. The van der Waals surface area contributed by atoms with Gasteiger partial charge in [0.05, 0.1) is 12.8 Å². The van der Waals surface area contributed by atoms with E-state index in [1.807, 2.05) is 0 Å². The highest BCUT2D eigenvalue weighted by molar-refractivity contribution is 5.90. The van der Waals surface area contributed by atoms with Crippen molar-refractivity contribution >= 4 is 11.9 Å². The van der Waals surface area contributed by atoms with E-state index in [0.717, 1.165) is 6.42 Å². The van der Waals surface area contributed by atoms with Gasteiger partial charge in [-0.25, -0.2) is 4.39 Å². The lowest BCUT2D eigenvalue weighted by molar-refractivity contribution is -0.156. The van der Waals surface area contributed by atoms with Crippen molar-refractivity contribution < 1.29 is 18.7 Å². The Balaban J connectivity index is 2.51. The number of rotatable bonds is 3. The van der Waals surface area contributed by atoms with Crippen LogP contribution in [-0.2, 0) is 20.7 Å². The van der Waals surface area contributed by atoms with Crippen molar-refractivity contribution in [3.8, 4) is 0 Å². The molecule has 0 atom stereocenters. The molecule has 0 heterocycles. The van der Waals surface area contributed by atoms with Crippen molar-refractivity contribution in [2.75, 3.05) is 0 Å². The summed E-state index contributed by atoms with van der Waals surface area (Å²) in [5.41, 5.74) is 0.602. The molecule has 0 unspecified atom stereocenters. The van der Waals surface area contributed by atoms with Crippen LogP contribution >= 0.6 is 0 Å². The molecule has 0 spiro atoms. The van der Waals surface area contributed by atoms with Gasteiger partial charge in [0.2, 0.25) is 0 Å². The van der Waals surface area contributed by atoms with Crippen LogP contribution in [0.2, 0.25) is 0 Å². The predicted molar refractivity (Wildman–Crippen MR) is 51.2 cm³/mol. The lowest BCUT2D eigenvalue weighted by Crippen LogP contribution is -2.13. The Morgan fingerprint density at radius 2 is 1.93 bits per heavy atom. The van der Waals surface area contributed by atoms with E-state index in [2.05, 4.69) is 4.74 Å². The van der Waals surface area contributed by atoms with E-state index in [4.69, 9.17) is 0 Å². The van der Waals surface area contributed by atoms with Crippen LogP contribution in [0.3, 0.4) is 0 Å². The molecule has 0 fully saturated rings. The van der Waals surface area contributed by atoms with Crippen molar-refractivity contribution in [1.82, 2.24) is 0 Å². The van der Waals surface area contributed by atoms with E-state index < -0.39 is 11.9 Å². The van der Waals surface area contributed by atoms with Gasteiger partial charge in [-0.2, -0.15) is 0 Å². The molecule has 4 heteroatoms. The number of hydrogen-bond donors (Lipinski definition) is 0. The van der Waals surface area contributed by atoms with Crippen LogP contribution in [-0.4, -0.2) is 11.9 Å². The molecule has 0 saturated carbocycles. The first-order valence-corrected chi connectivity index (χ1v) is 4.40. The molecule has 1 aromatic rings. The number of carbonyl (C=O) groups excluding carboxylic acids is 2. The monoisotopic (exact) mass is 209 g/mol. The molecule has 0 N–H and O–H groups in total. The molecule has 1 aromatic carbocycles. The SMILES string of the molecule is C[CH]C(=O)OC(=O)Cc1ccc(F)cc1. The minimum atomic E-state index is -0.679. The summed E-state index contributed by atoms with van der Waals surface area (Å²) >= 11 is 0.